The monoisotopic (exact) mass is 396 g/mol. The van der Waals surface area contributed by atoms with Crippen molar-refractivity contribution < 1.29 is 33.5 Å². The normalized spacial score (nSPS) is 16.6. The fraction of sp³-hybridized carbons (Fsp3) is 0.150. The van der Waals surface area contributed by atoms with Crippen LogP contribution in [0.3, 0.4) is 0 Å². The number of aryl methyl sites for hydroxylation is 1. The molecule has 0 saturated carbocycles. The van der Waals surface area contributed by atoms with Crippen molar-refractivity contribution in [2.24, 2.45) is 0 Å². The summed E-state index contributed by atoms with van der Waals surface area (Å²) in [5.41, 5.74) is 0.228. The first-order chi connectivity index (χ1) is 13.9. The van der Waals surface area contributed by atoms with E-state index in [1.807, 2.05) is 0 Å². The number of ether oxygens (including phenoxy) is 1. The molecule has 1 amide bonds. The van der Waals surface area contributed by atoms with E-state index in [4.69, 9.17) is 13.7 Å². The average molecular weight is 396 g/mol. The van der Waals surface area contributed by atoms with Crippen molar-refractivity contribution in [2.45, 2.75) is 13.0 Å². The molecule has 3 heterocycles. The van der Waals surface area contributed by atoms with Crippen LogP contribution < -0.4 is 9.64 Å². The number of ketones is 1. The van der Waals surface area contributed by atoms with Crippen molar-refractivity contribution in [2.75, 3.05) is 12.0 Å². The number of rotatable bonds is 5. The molecule has 4 rings (SSSR count). The van der Waals surface area contributed by atoms with Crippen molar-refractivity contribution in [3.63, 3.8) is 0 Å². The number of amides is 1. The second kappa shape index (κ2) is 6.86. The molecule has 0 spiro atoms. The summed E-state index contributed by atoms with van der Waals surface area (Å²) in [7, 11) is 1.37. The minimum atomic E-state index is -1.04. The van der Waals surface area contributed by atoms with Crippen LogP contribution in [-0.2, 0) is 4.79 Å². The minimum absolute atomic E-state index is 0.0340. The van der Waals surface area contributed by atoms with Crippen LogP contribution in [0.1, 0.15) is 27.9 Å². The van der Waals surface area contributed by atoms with Gasteiger partial charge in [0.05, 0.1) is 25.0 Å². The highest BCUT2D eigenvalue weighted by Crippen LogP contribution is 2.43. The molecule has 0 aliphatic carbocycles. The lowest BCUT2D eigenvalue weighted by Crippen LogP contribution is -2.31. The van der Waals surface area contributed by atoms with Crippen LogP contribution in [0.5, 0.6) is 11.5 Å². The number of aromatic nitrogens is 1. The Morgan fingerprint density at radius 2 is 2.03 bits per heavy atom. The Bertz CT molecular complexity index is 1130. The van der Waals surface area contributed by atoms with Gasteiger partial charge in [0, 0.05) is 6.07 Å². The number of methoxy groups -OCH3 is 1. The Hall–Kier alpha value is -4.01. The summed E-state index contributed by atoms with van der Waals surface area (Å²) in [5, 5.41) is 24.3. The van der Waals surface area contributed by atoms with Crippen molar-refractivity contribution in [1.82, 2.24) is 5.16 Å². The summed E-state index contributed by atoms with van der Waals surface area (Å²) in [6, 6.07) is 7.79. The largest absolute Gasteiger partial charge is 0.504 e. The van der Waals surface area contributed by atoms with Gasteiger partial charge in [-0.05, 0) is 36.8 Å². The van der Waals surface area contributed by atoms with E-state index in [0.29, 0.717) is 11.3 Å². The molecule has 1 aromatic carbocycles. The second-order valence-corrected chi connectivity index (χ2v) is 6.37. The Labute approximate surface area is 164 Å². The summed E-state index contributed by atoms with van der Waals surface area (Å²) in [5.74, 6) is -1.62. The van der Waals surface area contributed by atoms with Crippen molar-refractivity contribution >= 4 is 17.5 Å². The maximum Gasteiger partial charge on any atom is 0.295 e. The van der Waals surface area contributed by atoms with Crippen LogP contribution in [0, 0.1) is 6.92 Å². The predicted octanol–water partition coefficient (Wildman–Crippen LogP) is 3.07. The standard InChI is InChI=1S/C20H16N2O7/c1-10-8-15(21-29-10)22-17(11-5-6-12(23)14(9-11)27-2)16(19(25)20(22)26)18(24)13-4-3-7-28-13/h3-9,17,23,25H,1-2H3/t17-/m1/s1. The molecule has 0 unspecified atom stereocenters. The summed E-state index contributed by atoms with van der Waals surface area (Å²) in [4.78, 5) is 27.1. The van der Waals surface area contributed by atoms with Gasteiger partial charge < -0.3 is 23.9 Å². The van der Waals surface area contributed by atoms with E-state index in [1.165, 1.54) is 49.8 Å². The van der Waals surface area contributed by atoms with Gasteiger partial charge in [-0.1, -0.05) is 11.2 Å². The van der Waals surface area contributed by atoms with E-state index < -0.39 is 23.5 Å². The number of Topliss-reactive ketones (excluding diaryl/α,β-unsaturated/α-hetero) is 1. The number of phenols is 1. The fourth-order valence-electron chi connectivity index (χ4n) is 3.26. The highest BCUT2D eigenvalue weighted by atomic mass is 16.5. The molecule has 1 aliphatic rings. The predicted molar refractivity (Wildman–Crippen MR) is 98.8 cm³/mol. The molecule has 3 aromatic rings. The molecule has 148 valence electrons. The van der Waals surface area contributed by atoms with Crippen LogP contribution in [0.2, 0.25) is 0 Å². The second-order valence-electron chi connectivity index (χ2n) is 6.37. The number of aliphatic hydroxyl groups excluding tert-OH is 1. The quantitative estimate of drug-likeness (QED) is 0.630. The number of aliphatic hydroxyl groups is 1. The summed E-state index contributed by atoms with van der Waals surface area (Å²) >= 11 is 0. The zero-order valence-corrected chi connectivity index (χ0v) is 15.4. The van der Waals surface area contributed by atoms with Crippen LogP contribution in [-0.4, -0.2) is 34.2 Å². The number of anilines is 1. The Morgan fingerprint density at radius 1 is 1.24 bits per heavy atom. The number of phenolic OH excluding ortho intramolecular Hbond substituents is 1. The highest BCUT2D eigenvalue weighted by molar-refractivity contribution is 6.19. The average Bonchev–Trinajstić information content (AvgIpc) is 3.43. The zero-order valence-electron chi connectivity index (χ0n) is 15.4. The number of aromatic hydroxyl groups is 1. The first-order valence-corrected chi connectivity index (χ1v) is 8.57. The third-order valence-electron chi connectivity index (χ3n) is 4.58. The van der Waals surface area contributed by atoms with Crippen LogP contribution in [0.4, 0.5) is 5.82 Å². The number of furan rings is 1. The lowest BCUT2D eigenvalue weighted by atomic mass is 9.94. The number of hydrogen-bond donors (Lipinski definition) is 2. The van der Waals surface area contributed by atoms with Gasteiger partial charge in [0.15, 0.2) is 28.8 Å². The van der Waals surface area contributed by atoms with E-state index >= 15 is 0 Å². The first-order valence-electron chi connectivity index (χ1n) is 8.57. The summed E-state index contributed by atoms with van der Waals surface area (Å²) < 4.78 is 15.4. The molecule has 0 radical (unpaired) electrons. The lowest BCUT2D eigenvalue weighted by molar-refractivity contribution is -0.117. The molecular formula is C20H16N2O7. The van der Waals surface area contributed by atoms with Gasteiger partial charge in [0.1, 0.15) is 5.76 Å². The van der Waals surface area contributed by atoms with Crippen molar-refractivity contribution in [1.29, 1.82) is 0 Å². The SMILES string of the molecule is COc1cc([C@@H]2C(C(=O)c3ccco3)=C(O)C(=O)N2c2cc(C)on2)ccc1O. The Balaban J connectivity index is 1.90. The topological polar surface area (TPSA) is 126 Å². The first kappa shape index (κ1) is 18.4. The van der Waals surface area contributed by atoms with E-state index in [1.54, 1.807) is 6.92 Å². The molecule has 1 aliphatic heterocycles. The fourth-order valence-corrected chi connectivity index (χ4v) is 3.26. The smallest absolute Gasteiger partial charge is 0.295 e. The maximum atomic E-state index is 13.0. The molecule has 0 fully saturated rings. The van der Waals surface area contributed by atoms with E-state index in [2.05, 4.69) is 5.16 Å². The number of carbonyl (C=O) groups excluding carboxylic acids is 2. The molecule has 2 aromatic heterocycles. The molecule has 1 atom stereocenters. The third-order valence-corrected chi connectivity index (χ3v) is 4.58. The van der Waals surface area contributed by atoms with Gasteiger partial charge in [0.2, 0.25) is 5.78 Å². The van der Waals surface area contributed by atoms with Crippen molar-refractivity contribution in [3.8, 4) is 11.5 Å². The number of carbonyl (C=O) groups is 2. The van der Waals surface area contributed by atoms with Gasteiger partial charge in [-0.15, -0.1) is 0 Å². The van der Waals surface area contributed by atoms with Crippen LogP contribution >= 0.6 is 0 Å². The number of nitrogens with zero attached hydrogens (tertiary/aromatic N) is 2. The van der Waals surface area contributed by atoms with Gasteiger partial charge in [-0.2, -0.15) is 0 Å². The van der Waals surface area contributed by atoms with E-state index in [9.17, 15) is 19.8 Å². The van der Waals surface area contributed by atoms with Crippen LogP contribution in [0.15, 0.2) is 62.9 Å². The molecule has 0 saturated heterocycles. The summed E-state index contributed by atoms with van der Waals surface area (Å²) in [6.07, 6.45) is 1.32. The maximum absolute atomic E-state index is 13.0. The van der Waals surface area contributed by atoms with Crippen molar-refractivity contribution in [3.05, 3.63) is 71.1 Å². The number of hydrogen-bond acceptors (Lipinski definition) is 8. The molecular weight excluding hydrogens is 380 g/mol. The van der Waals surface area contributed by atoms with Gasteiger partial charge in [0.25, 0.3) is 5.91 Å². The Kier molecular flexibility index (Phi) is 4.34. The minimum Gasteiger partial charge on any atom is -0.504 e. The molecule has 9 nitrogen and oxygen atoms in total. The van der Waals surface area contributed by atoms with E-state index in [-0.39, 0.29) is 28.7 Å². The molecule has 29 heavy (non-hydrogen) atoms. The highest BCUT2D eigenvalue weighted by Gasteiger charge is 2.46. The van der Waals surface area contributed by atoms with Gasteiger partial charge >= 0.3 is 0 Å². The zero-order chi connectivity index (χ0) is 20.7. The molecule has 2 N–H and O–H groups in total. The Morgan fingerprint density at radius 3 is 2.66 bits per heavy atom. The number of benzene rings is 1. The van der Waals surface area contributed by atoms with E-state index in [0.717, 1.165) is 4.90 Å². The third kappa shape index (κ3) is 2.92. The molecule has 9 heteroatoms. The van der Waals surface area contributed by atoms with Crippen LogP contribution in [0.25, 0.3) is 0 Å². The van der Waals surface area contributed by atoms with Gasteiger partial charge in [-0.3, -0.25) is 14.5 Å². The molecule has 0 bridgehead atoms. The lowest BCUT2D eigenvalue weighted by Gasteiger charge is -2.24. The summed E-state index contributed by atoms with van der Waals surface area (Å²) in [6.45, 7) is 1.65. The van der Waals surface area contributed by atoms with Gasteiger partial charge in [-0.25, -0.2) is 0 Å².